The van der Waals surface area contributed by atoms with E-state index in [0.717, 1.165) is 23.4 Å². The molecule has 0 saturated carbocycles. The van der Waals surface area contributed by atoms with Crippen LogP contribution < -0.4 is 19.8 Å². The van der Waals surface area contributed by atoms with Crippen molar-refractivity contribution in [1.82, 2.24) is 5.43 Å². The van der Waals surface area contributed by atoms with E-state index in [0.29, 0.717) is 11.3 Å². The second kappa shape index (κ2) is 10.1. The first-order valence-corrected chi connectivity index (χ1v) is 10.4. The van der Waals surface area contributed by atoms with E-state index >= 15 is 0 Å². The first-order chi connectivity index (χ1) is 13.7. The number of nitrogens with one attached hydrogen (secondary N) is 2. The fourth-order valence-corrected chi connectivity index (χ4v) is 4.19. The molecule has 2 aromatic carbocycles. The molecule has 3 rings (SSSR count). The summed E-state index contributed by atoms with van der Waals surface area (Å²) in [5.74, 6) is 3.65. The zero-order chi connectivity index (χ0) is 19.8. The Bertz CT molecular complexity index is 835. The van der Waals surface area contributed by atoms with Gasteiger partial charge in [-0.2, -0.15) is 16.9 Å². The van der Waals surface area contributed by atoms with Gasteiger partial charge < -0.3 is 14.4 Å². The van der Waals surface area contributed by atoms with Gasteiger partial charge in [-0.05, 0) is 42.0 Å². The van der Waals surface area contributed by atoms with Crippen molar-refractivity contribution in [1.29, 1.82) is 0 Å². The molecular formula is C21H26N3O3S+. The minimum atomic E-state index is -0.279. The predicted octanol–water partition coefficient (Wildman–Crippen LogP) is 1.60. The predicted molar refractivity (Wildman–Crippen MR) is 113 cm³/mol. The van der Waals surface area contributed by atoms with Crippen LogP contribution in [0.15, 0.2) is 47.6 Å². The molecule has 1 fully saturated rings. The van der Waals surface area contributed by atoms with Crippen molar-refractivity contribution in [3.8, 4) is 11.5 Å². The van der Waals surface area contributed by atoms with E-state index in [9.17, 15) is 4.79 Å². The highest BCUT2D eigenvalue weighted by molar-refractivity contribution is 7.99. The molecule has 0 atom stereocenters. The molecule has 0 unspecified atom stereocenters. The Morgan fingerprint density at radius 1 is 1.18 bits per heavy atom. The maximum absolute atomic E-state index is 12.2. The Labute approximate surface area is 169 Å². The summed E-state index contributed by atoms with van der Waals surface area (Å²) >= 11 is 2.02. The highest BCUT2D eigenvalue weighted by Crippen LogP contribution is 2.19. The van der Waals surface area contributed by atoms with Gasteiger partial charge in [0.1, 0.15) is 18.0 Å². The lowest BCUT2D eigenvalue weighted by Gasteiger charge is -2.24. The number of methoxy groups -OCH3 is 2. The molecule has 0 aromatic heterocycles. The molecular weight excluding hydrogens is 374 g/mol. The first-order valence-electron chi connectivity index (χ1n) is 9.25. The van der Waals surface area contributed by atoms with E-state index in [1.165, 1.54) is 24.6 Å². The number of carbonyl (C=O) groups is 1. The van der Waals surface area contributed by atoms with Crippen LogP contribution in [0.4, 0.5) is 0 Å². The van der Waals surface area contributed by atoms with E-state index in [4.69, 9.17) is 9.47 Å². The number of quaternary nitrogens is 1. The van der Waals surface area contributed by atoms with Crippen LogP contribution in [-0.2, 0) is 6.54 Å². The van der Waals surface area contributed by atoms with Gasteiger partial charge in [0.2, 0.25) is 0 Å². The van der Waals surface area contributed by atoms with E-state index in [1.54, 1.807) is 49.6 Å². The number of thioether (sulfide) groups is 1. The number of amides is 1. The van der Waals surface area contributed by atoms with Crippen LogP contribution in [0.2, 0.25) is 0 Å². The van der Waals surface area contributed by atoms with Crippen LogP contribution in [-0.4, -0.2) is 50.9 Å². The van der Waals surface area contributed by atoms with Gasteiger partial charge in [-0.1, -0.05) is 6.07 Å². The number of hydrogen-bond donors (Lipinski definition) is 2. The number of hydrogen-bond acceptors (Lipinski definition) is 5. The van der Waals surface area contributed by atoms with Crippen molar-refractivity contribution in [2.75, 3.05) is 38.8 Å². The molecule has 0 radical (unpaired) electrons. The lowest BCUT2D eigenvalue weighted by Crippen LogP contribution is -3.12. The first kappa shape index (κ1) is 20.2. The van der Waals surface area contributed by atoms with E-state index < -0.39 is 0 Å². The van der Waals surface area contributed by atoms with Crippen LogP contribution in [0, 0.1) is 0 Å². The van der Waals surface area contributed by atoms with Crippen molar-refractivity contribution < 1.29 is 19.2 Å². The Hall–Kier alpha value is -2.51. The van der Waals surface area contributed by atoms with Gasteiger partial charge in [-0.15, -0.1) is 0 Å². The van der Waals surface area contributed by atoms with E-state index in [2.05, 4.69) is 16.6 Å². The van der Waals surface area contributed by atoms with Gasteiger partial charge in [0.25, 0.3) is 5.91 Å². The molecule has 7 heteroatoms. The molecule has 28 heavy (non-hydrogen) atoms. The van der Waals surface area contributed by atoms with Gasteiger partial charge in [0.15, 0.2) is 0 Å². The third-order valence-electron chi connectivity index (χ3n) is 4.66. The fourth-order valence-electron chi connectivity index (χ4n) is 3.12. The van der Waals surface area contributed by atoms with Gasteiger partial charge >= 0.3 is 0 Å². The second-order valence-corrected chi connectivity index (χ2v) is 7.77. The maximum atomic E-state index is 12.2. The van der Waals surface area contributed by atoms with Crippen molar-refractivity contribution in [2.24, 2.45) is 5.10 Å². The van der Waals surface area contributed by atoms with Crippen LogP contribution >= 0.6 is 11.8 Å². The van der Waals surface area contributed by atoms with Crippen molar-refractivity contribution in [3.63, 3.8) is 0 Å². The Kier molecular flexibility index (Phi) is 7.33. The van der Waals surface area contributed by atoms with Gasteiger partial charge in [-0.3, -0.25) is 4.79 Å². The van der Waals surface area contributed by atoms with E-state index in [-0.39, 0.29) is 5.91 Å². The number of carbonyl (C=O) groups excluding carboxylic acids is 1. The molecule has 2 aromatic rings. The molecule has 1 aliphatic heterocycles. The van der Waals surface area contributed by atoms with Crippen LogP contribution in [0.1, 0.15) is 21.5 Å². The smallest absolute Gasteiger partial charge is 0.271 e. The lowest BCUT2D eigenvalue weighted by atomic mass is 10.1. The average molecular weight is 401 g/mol. The summed E-state index contributed by atoms with van der Waals surface area (Å²) in [6.07, 6.45) is 1.66. The Morgan fingerprint density at radius 3 is 2.75 bits per heavy atom. The van der Waals surface area contributed by atoms with Crippen LogP contribution in [0.3, 0.4) is 0 Å². The summed E-state index contributed by atoms with van der Waals surface area (Å²) in [5, 5.41) is 4.10. The third kappa shape index (κ3) is 5.50. The van der Waals surface area contributed by atoms with Crippen molar-refractivity contribution >= 4 is 23.9 Å². The molecule has 6 nitrogen and oxygen atoms in total. The summed E-state index contributed by atoms with van der Waals surface area (Å²) < 4.78 is 10.7. The van der Waals surface area contributed by atoms with Crippen molar-refractivity contribution in [2.45, 2.75) is 6.54 Å². The number of hydrazone groups is 1. The molecule has 1 amide bonds. The molecule has 1 aliphatic rings. The minimum Gasteiger partial charge on any atom is -0.497 e. The van der Waals surface area contributed by atoms with Gasteiger partial charge in [0, 0.05) is 22.6 Å². The molecule has 1 saturated heterocycles. The Balaban J connectivity index is 1.65. The number of benzene rings is 2. The molecule has 0 spiro atoms. The summed E-state index contributed by atoms with van der Waals surface area (Å²) in [4.78, 5) is 13.8. The van der Waals surface area contributed by atoms with Gasteiger partial charge in [-0.25, -0.2) is 5.43 Å². The number of ether oxygens (including phenoxy) is 2. The molecule has 1 heterocycles. The van der Waals surface area contributed by atoms with Crippen LogP contribution in [0.5, 0.6) is 11.5 Å². The summed E-state index contributed by atoms with van der Waals surface area (Å²) in [6.45, 7) is 3.27. The van der Waals surface area contributed by atoms with Gasteiger partial charge in [0.05, 0.1) is 33.5 Å². The zero-order valence-corrected chi connectivity index (χ0v) is 17.1. The normalized spacial score (nSPS) is 14.8. The topological polar surface area (TPSA) is 64.4 Å². The van der Waals surface area contributed by atoms with Crippen LogP contribution in [0.25, 0.3) is 0 Å². The van der Waals surface area contributed by atoms with E-state index in [1.807, 2.05) is 23.9 Å². The monoisotopic (exact) mass is 400 g/mol. The average Bonchev–Trinajstić information content (AvgIpc) is 2.74. The Morgan fingerprint density at radius 2 is 2.00 bits per heavy atom. The molecule has 2 N–H and O–H groups in total. The SMILES string of the molecule is COc1cccc(C(=O)N/N=C\c2ccc(OC)c(C[NH+]3CCSCC3)c2)c1. The molecule has 0 bridgehead atoms. The number of rotatable bonds is 7. The third-order valence-corrected chi connectivity index (χ3v) is 5.64. The highest BCUT2D eigenvalue weighted by atomic mass is 32.2. The molecule has 0 aliphatic carbocycles. The number of nitrogens with zero attached hydrogens (tertiary/aromatic N) is 1. The maximum Gasteiger partial charge on any atom is 0.271 e. The lowest BCUT2D eigenvalue weighted by molar-refractivity contribution is -0.910. The standard InChI is InChI=1S/C21H25N3O3S/c1-26-19-5-3-4-17(13-19)21(25)23-22-14-16-6-7-20(27-2)18(12-16)15-24-8-10-28-11-9-24/h3-7,12-14H,8-11,15H2,1-2H3,(H,23,25)/p+1/b22-14-. The largest absolute Gasteiger partial charge is 0.497 e. The summed E-state index contributed by atoms with van der Waals surface area (Å²) in [5.41, 5.74) is 5.15. The zero-order valence-electron chi connectivity index (χ0n) is 16.2. The minimum absolute atomic E-state index is 0.279. The fraction of sp³-hybridized carbons (Fsp3) is 0.333. The quantitative estimate of drug-likeness (QED) is 0.547. The highest BCUT2D eigenvalue weighted by Gasteiger charge is 2.16. The summed E-state index contributed by atoms with van der Waals surface area (Å²) in [7, 11) is 3.27. The summed E-state index contributed by atoms with van der Waals surface area (Å²) in [6, 6.07) is 12.9. The second-order valence-electron chi connectivity index (χ2n) is 6.54. The van der Waals surface area contributed by atoms with Crippen molar-refractivity contribution in [3.05, 3.63) is 59.2 Å². The molecule has 148 valence electrons.